The first-order chi connectivity index (χ1) is 16.8. The molecule has 3 heterocycles. The van der Waals surface area contributed by atoms with Crippen LogP contribution in [0.2, 0.25) is 0 Å². The molecule has 0 aliphatic carbocycles. The Bertz CT molecular complexity index is 1860. The Morgan fingerprint density at radius 3 is 2.38 bits per heavy atom. The number of furan rings is 1. The van der Waals surface area contributed by atoms with Crippen LogP contribution in [0.25, 0.3) is 66.6 Å². The Kier molecular flexibility index (Phi) is 4.05. The lowest BCUT2D eigenvalue weighted by atomic mass is 10.0. The average molecular weight is 441 g/mol. The first kappa shape index (κ1) is 19.0. The summed E-state index contributed by atoms with van der Waals surface area (Å²) in [6.45, 7) is 2.03. The van der Waals surface area contributed by atoms with Crippen LogP contribution in [0.3, 0.4) is 0 Å². The van der Waals surface area contributed by atoms with E-state index in [-0.39, 0.29) is 0 Å². The van der Waals surface area contributed by atoms with Crippen molar-refractivity contribution in [3.8, 4) is 22.6 Å². The van der Waals surface area contributed by atoms with Crippen molar-refractivity contribution in [2.75, 3.05) is 0 Å². The molecule has 0 radical (unpaired) electrons. The lowest BCUT2D eigenvalue weighted by Gasteiger charge is -2.10. The average Bonchev–Trinajstić information content (AvgIpc) is 3.48. The quantitative estimate of drug-likeness (QED) is 0.283. The van der Waals surface area contributed by atoms with Crippen LogP contribution in [0.4, 0.5) is 0 Å². The van der Waals surface area contributed by atoms with Gasteiger partial charge in [0, 0.05) is 33.7 Å². The van der Waals surface area contributed by atoms with Crippen molar-refractivity contribution in [2.45, 2.75) is 13.3 Å². The third-order valence-corrected chi connectivity index (χ3v) is 6.26. The summed E-state index contributed by atoms with van der Waals surface area (Å²) in [6, 6.07) is 28.4. The molecule has 0 fully saturated rings. The van der Waals surface area contributed by atoms with Crippen molar-refractivity contribution < 1.29 is 8.83 Å². The summed E-state index contributed by atoms with van der Waals surface area (Å²) in [7, 11) is 0. The van der Waals surface area contributed by atoms with E-state index in [0.717, 1.165) is 73.1 Å². The lowest BCUT2D eigenvalue weighted by molar-refractivity contribution is 0.538. The lowest BCUT2D eigenvalue weighted by Crippen LogP contribution is -1.95. The van der Waals surface area contributed by atoms with Gasteiger partial charge in [-0.3, -0.25) is 0 Å². The van der Waals surface area contributed by atoms with Gasteiger partial charge in [-0.1, -0.05) is 55.5 Å². The molecule has 0 unspecified atom stereocenters. The van der Waals surface area contributed by atoms with Gasteiger partial charge in [0.1, 0.15) is 16.7 Å². The standard InChI is InChI=1S/C29H19N3O2/c1-2-26-30-23-16-17(14-15-25(23)33-26)29-31-22-12-5-3-9-20(22)27(32-29)21-11-7-10-19-18-8-4-6-13-24(18)34-28(19)21/h3-16H,2H2,1H3. The number of fused-ring (bicyclic) bond motifs is 5. The van der Waals surface area contributed by atoms with Crippen LogP contribution in [0.5, 0.6) is 0 Å². The molecular formula is C29H19N3O2. The van der Waals surface area contributed by atoms with Crippen LogP contribution in [0.1, 0.15) is 12.8 Å². The Morgan fingerprint density at radius 1 is 0.647 bits per heavy atom. The molecule has 7 rings (SSSR count). The molecule has 0 spiro atoms. The Balaban J connectivity index is 1.51. The van der Waals surface area contributed by atoms with Gasteiger partial charge in [-0.25, -0.2) is 15.0 Å². The molecule has 4 aromatic carbocycles. The molecule has 0 aliphatic heterocycles. The van der Waals surface area contributed by atoms with Crippen LogP contribution in [-0.2, 0) is 6.42 Å². The van der Waals surface area contributed by atoms with E-state index in [4.69, 9.17) is 18.8 Å². The number of nitrogens with zero attached hydrogens (tertiary/aromatic N) is 3. The molecule has 0 saturated heterocycles. The summed E-state index contributed by atoms with van der Waals surface area (Å²) in [6.07, 6.45) is 0.752. The zero-order valence-corrected chi connectivity index (χ0v) is 18.4. The highest BCUT2D eigenvalue weighted by Gasteiger charge is 2.17. The Labute approximate surface area is 194 Å². The van der Waals surface area contributed by atoms with E-state index in [2.05, 4.69) is 35.3 Å². The summed E-state index contributed by atoms with van der Waals surface area (Å²) in [4.78, 5) is 14.5. The third kappa shape index (κ3) is 2.83. The predicted molar refractivity (Wildman–Crippen MR) is 135 cm³/mol. The predicted octanol–water partition coefficient (Wildman–Crippen LogP) is 7.57. The van der Waals surface area contributed by atoms with Crippen molar-refractivity contribution in [3.05, 3.63) is 90.8 Å². The Morgan fingerprint density at radius 2 is 1.47 bits per heavy atom. The minimum absolute atomic E-state index is 0.643. The highest BCUT2D eigenvalue weighted by Crippen LogP contribution is 2.38. The first-order valence-electron chi connectivity index (χ1n) is 11.4. The maximum atomic E-state index is 6.32. The summed E-state index contributed by atoms with van der Waals surface area (Å²) in [5, 5.41) is 3.16. The Hall–Kier alpha value is -4.51. The highest BCUT2D eigenvalue weighted by atomic mass is 16.3. The summed E-state index contributed by atoms with van der Waals surface area (Å²) in [5.74, 6) is 1.37. The second-order valence-electron chi connectivity index (χ2n) is 8.34. The smallest absolute Gasteiger partial charge is 0.195 e. The number of oxazole rings is 1. The van der Waals surface area contributed by atoms with Gasteiger partial charge in [-0.05, 0) is 36.4 Å². The van der Waals surface area contributed by atoms with Gasteiger partial charge < -0.3 is 8.83 Å². The maximum absolute atomic E-state index is 6.32. The second kappa shape index (κ2) is 7.25. The first-order valence-corrected chi connectivity index (χ1v) is 11.4. The minimum atomic E-state index is 0.643. The molecular weight excluding hydrogens is 422 g/mol. The van der Waals surface area contributed by atoms with Gasteiger partial charge in [-0.2, -0.15) is 0 Å². The van der Waals surface area contributed by atoms with Crippen molar-refractivity contribution in [1.29, 1.82) is 0 Å². The van der Waals surface area contributed by atoms with Gasteiger partial charge in [-0.15, -0.1) is 0 Å². The van der Waals surface area contributed by atoms with Gasteiger partial charge in [0.25, 0.3) is 0 Å². The van der Waals surface area contributed by atoms with E-state index in [1.54, 1.807) is 0 Å². The molecule has 7 aromatic rings. The molecule has 0 bridgehead atoms. The van der Waals surface area contributed by atoms with Gasteiger partial charge in [0.15, 0.2) is 17.3 Å². The summed E-state index contributed by atoms with van der Waals surface area (Å²) < 4.78 is 12.1. The molecule has 0 amide bonds. The fourth-order valence-corrected chi connectivity index (χ4v) is 4.61. The topological polar surface area (TPSA) is 65.0 Å². The number of aryl methyl sites for hydroxylation is 1. The zero-order valence-electron chi connectivity index (χ0n) is 18.4. The van der Waals surface area contributed by atoms with E-state index < -0.39 is 0 Å². The largest absolute Gasteiger partial charge is 0.455 e. The van der Waals surface area contributed by atoms with E-state index >= 15 is 0 Å². The molecule has 3 aromatic heterocycles. The number of rotatable bonds is 3. The second-order valence-corrected chi connectivity index (χ2v) is 8.34. The van der Waals surface area contributed by atoms with Crippen molar-refractivity contribution >= 4 is 43.9 Å². The number of aromatic nitrogens is 3. The summed E-state index contributed by atoms with van der Waals surface area (Å²) >= 11 is 0. The van der Waals surface area contributed by atoms with Gasteiger partial charge in [0.2, 0.25) is 0 Å². The van der Waals surface area contributed by atoms with Crippen molar-refractivity contribution in [3.63, 3.8) is 0 Å². The van der Waals surface area contributed by atoms with Gasteiger partial charge in [0.05, 0.1) is 11.2 Å². The molecule has 5 nitrogen and oxygen atoms in total. The molecule has 0 saturated carbocycles. The highest BCUT2D eigenvalue weighted by molar-refractivity contribution is 6.11. The molecule has 0 N–H and O–H groups in total. The zero-order chi connectivity index (χ0) is 22.6. The van der Waals surface area contributed by atoms with Crippen LogP contribution < -0.4 is 0 Å². The number of hydrogen-bond acceptors (Lipinski definition) is 5. The maximum Gasteiger partial charge on any atom is 0.195 e. The number of benzene rings is 4. The molecule has 0 atom stereocenters. The molecule has 5 heteroatoms. The fourth-order valence-electron chi connectivity index (χ4n) is 4.61. The molecule has 0 aliphatic rings. The van der Waals surface area contributed by atoms with Crippen molar-refractivity contribution in [1.82, 2.24) is 15.0 Å². The number of para-hydroxylation sites is 3. The van der Waals surface area contributed by atoms with Crippen molar-refractivity contribution in [2.24, 2.45) is 0 Å². The van der Waals surface area contributed by atoms with E-state index in [9.17, 15) is 0 Å². The molecule has 34 heavy (non-hydrogen) atoms. The molecule has 162 valence electrons. The van der Waals surface area contributed by atoms with Crippen LogP contribution in [0, 0.1) is 0 Å². The monoisotopic (exact) mass is 441 g/mol. The van der Waals surface area contributed by atoms with E-state index in [0.29, 0.717) is 5.82 Å². The van der Waals surface area contributed by atoms with Crippen LogP contribution >= 0.6 is 0 Å². The third-order valence-electron chi connectivity index (χ3n) is 6.26. The van der Waals surface area contributed by atoms with Crippen LogP contribution in [0.15, 0.2) is 93.8 Å². The minimum Gasteiger partial charge on any atom is -0.455 e. The normalized spacial score (nSPS) is 11.8. The van der Waals surface area contributed by atoms with Gasteiger partial charge >= 0.3 is 0 Å². The van der Waals surface area contributed by atoms with E-state index in [1.807, 2.05) is 61.5 Å². The van der Waals surface area contributed by atoms with Crippen LogP contribution in [-0.4, -0.2) is 15.0 Å². The summed E-state index contributed by atoms with van der Waals surface area (Å²) in [5.41, 5.74) is 6.85. The SMILES string of the molecule is CCc1nc2cc(-c3nc(-c4cccc5c4oc4ccccc45)c4ccccc4n3)ccc2o1. The number of hydrogen-bond donors (Lipinski definition) is 0. The fraction of sp³-hybridized carbons (Fsp3) is 0.0690. The van der Waals surface area contributed by atoms with E-state index in [1.165, 1.54) is 0 Å².